The van der Waals surface area contributed by atoms with E-state index in [1.54, 1.807) is 0 Å². The molecule has 0 aromatic rings. The SMILES string of the molecule is O=C(C1CCC2CCCCC2C1)N1CCC(NCC2CC2)CC1. The van der Waals surface area contributed by atoms with Crippen LogP contribution in [0.2, 0.25) is 0 Å². The summed E-state index contributed by atoms with van der Waals surface area (Å²) in [7, 11) is 0. The Bertz CT molecular complexity index is 412. The number of hydrogen-bond donors (Lipinski definition) is 1. The topological polar surface area (TPSA) is 32.3 Å². The number of carbonyl (C=O) groups is 1. The molecule has 1 heterocycles. The van der Waals surface area contributed by atoms with Crippen molar-refractivity contribution in [3.05, 3.63) is 0 Å². The first-order chi connectivity index (χ1) is 11.3. The first kappa shape index (κ1) is 15.9. The molecule has 0 spiro atoms. The Labute approximate surface area is 141 Å². The first-order valence-electron chi connectivity index (χ1n) is 10.3. The predicted molar refractivity (Wildman–Crippen MR) is 93.1 cm³/mol. The van der Waals surface area contributed by atoms with Crippen LogP contribution in [0.15, 0.2) is 0 Å². The van der Waals surface area contributed by atoms with E-state index in [4.69, 9.17) is 0 Å². The molecule has 3 nitrogen and oxygen atoms in total. The van der Waals surface area contributed by atoms with Crippen LogP contribution in [0.25, 0.3) is 0 Å². The molecule has 3 unspecified atom stereocenters. The number of hydrogen-bond acceptors (Lipinski definition) is 2. The Balaban J connectivity index is 1.23. The molecule has 3 heteroatoms. The lowest BCUT2D eigenvalue weighted by Gasteiger charge is -2.41. The maximum absolute atomic E-state index is 12.9. The third-order valence-corrected chi connectivity index (χ3v) is 7.09. The molecule has 3 aliphatic carbocycles. The average Bonchev–Trinajstić information content (AvgIpc) is 3.44. The maximum atomic E-state index is 12.9. The van der Waals surface area contributed by atoms with Crippen LogP contribution in [0.5, 0.6) is 0 Å². The quantitative estimate of drug-likeness (QED) is 0.859. The average molecular weight is 319 g/mol. The van der Waals surface area contributed by atoms with Crippen molar-refractivity contribution in [3.63, 3.8) is 0 Å². The summed E-state index contributed by atoms with van der Waals surface area (Å²) in [5, 5.41) is 3.72. The van der Waals surface area contributed by atoms with Crippen LogP contribution in [-0.4, -0.2) is 36.5 Å². The van der Waals surface area contributed by atoms with Crippen LogP contribution in [0.4, 0.5) is 0 Å². The minimum Gasteiger partial charge on any atom is -0.342 e. The molecule has 3 atom stereocenters. The van der Waals surface area contributed by atoms with Crippen molar-refractivity contribution >= 4 is 5.91 Å². The molecule has 1 amide bonds. The molecule has 0 aromatic heterocycles. The Morgan fingerprint density at radius 2 is 1.61 bits per heavy atom. The predicted octanol–water partition coefficient (Wildman–Crippen LogP) is 3.58. The van der Waals surface area contributed by atoms with Gasteiger partial charge in [-0.05, 0) is 69.2 Å². The highest BCUT2D eigenvalue weighted by Gasteiger charge is 2.37. The number of rotatable bonds is 4. The van der Waals surface area contributed by atoms with Gasteiger partial charge in [0.1, 0.15) is 0 Å². The summed E-state index contributed by atoms with van der Waals surface area (Å²) in [4.78, 5) is 15.1. The van der Waals surface area contributed by atoms with Crippen LogP contribution < -0.4 is 5.32 Å². The van der Waals surface area contributed by atoms with Gasteiger partial charge in [0, 0.05) is 25.0 Å². The zero-order chi connectivity index (χ0) is 15.6. The highest BCUT2D eigenvalue weighted by molar-refractivity contribution is 5.79. The summed E-state index contributed by atoms with van der Waals surface area (Å²) in [5.74, 6) is 3.62. The van der Waals surface area contributed by atoms with Gasteiger partial charge in [-0.3, -0.25) is 4.79 Å². The van der Waals surface area contributed by atoms with E-state index < -0.39 is 0 Å². The minimum atomic E-state index is 0.352. The van der Waals surface area contributed by atoms with Crippen molar-refractivity contribution in [2.75, 3.05) is 19.6 Å². The molecule has 23 heavy (non-hydrogen) atoms. The number of fused-ring (bicyclic) bond motifs is 1. The third kappa shape index (κ3) is 3.92. The summed E-state index contributed by atoms with van der Waals surface area (Å²) in [6.45, 7) is 3.20. The van der Waals surface area contributed by atoms with Gasteiger partial charge in [0.05, 0.1) is 0 Å². The maximum Gasteiger partial charge on any atom is 0.225 e. The summed E-state index contributed by atoms with van der Waals surface area (Å²) in [5.41, 5.74) is 0. The Kier molecular flexibility index (Phi) is 4.93. The van der Waals surface area contributed by atoms with Crippen LogP contribution >= 0.6 is 0 Å². The molecule has 0 aromatic carbocycles. The zero-order valence-corrected chi connectivity index (χ0v) is 14.6. The fraction of sp³-hybridized carbons (Fsp3) is 0.950. The molecular weight excluding hydrogens is 284 g/mol. The van der Waals surface area contributed by atoms with E-state index in [9.17, 15) is 4.79 Å². The van der Waals surface area contributed by atoms with Crippen LogP contribution in [0.1, 0.15) is 70.6 Å². The van der Waals surface area contributed by atoms with E-state index in [1.165, 1.54) is 64.3 Å². The van der Waals surface area contributed by atoms with Crippen molar-refractivity contribution in [1.82, 2.24) is 10.2 Å². The highest BCUT2D eigenvalue weighted by atomic mass is 16.2. The van der Waals surface area contributed by atoms with Gasteiger partial charge in [-0.2, -0.15) is 0 Å². The highest BCUT2D eigenvalue weighted by Crippen LogP contribution is 2.43. The first-order valence-corrected chi connectivity index (χ1v) is 10.3. The molecular formula is C20H34N2O. The van der Waals surface area contributed by atoms with Gasteiger partial charge in [-0.1, -0.05) is 25.7 Å². The molecule has 4 rings (SSSR count). The normalized spacial score (nSPS) is 35.8. The van der Waals surface area contributed by atoms with Gasteiger partial charge in [0.15, 0.2) is 0 Å². The Morgan fingerprint density at radius 3 is 2.35 bits per heavy atom. The van der Waals surface area contributed by atoms with Crippen LogP contribution in [-0.2, 0) is 4.79 Å². The summed E-state index contributed by atoms with van der Waals surface area (Å²) >= 11 is 0. The van der Waals surface area contributed by atoms with Crippen LogP contribution in [0, 0.1) is 23.7 Å². The van der Waals surface area contributed by atoms with Gasteiger partial charge in [0.2, 0.25) is 5.91 Å². The standard InChI is InChI=1S/C20H34N2O/c23-20(18-8-7-16-3-1-2-4-17(16)13-18)22-11-9-19(10-12-22)21-14-15-5-6-15/h15-19,21H,1-14H2. The summed E-state index contributed by atoms with van der Waals surface area (Å²) in [6, 6.07) is 0.661. The van der Waals surface area contributed by atoms with E-state index in [0.717, 1.165) is 43.7 Å². The second-order valence-corrected chi connectivity index (χ2v) is 8.77. The van der Waals surface area contributed by atoms with Gasteiger partial charge in [0.25, 0.3) is 0 Å². The van der Waals surface area contributed by atoms with Crippen molar-refractivity contribution in [1.29, 1.82) is 0 Å². The number of nitrogens with one attached hydrogen (secondary N) is 1. The monoisotopic (exact) mass is 318 g/mol. The molecule has 130 valence electrons. The second-order valence-electron chi connectivity index (χ2n) is 8.77. The lowest BCUT2D eigenvalue weighted by atomic mass is 9.67. The van der Waals surface area contributed by atoms with Gasteiger partial charge in [-0.15, -0.1) is 0 Å². The summed E-state index contributed by atoms with van der Waals surface area (Å²) < 4.78 is 0. The molecule has 1 aliphatic heterocycles. The lowest BCUT2D eigenvalue weighted by molar-refractivity contribution is -0.139. The number of carbonyl (C=O) groups excluding carboxylic acids is 1. The summed E-state index contributed by atoms with van der Waals surface area (Å²) in [6.07, 6.45) is 14.5. The number of amides is 1. The fourth-order valence-electron chi connectivity index (χ4n) is 5.32. The van der Waals surface area contributed by atoms with Gasteiger partial charge < -0.3 is 10.2 Å². The number of piperidine rings is 1. The third-order valence-electron chi connectivity index (χ3n) is 7.09. The Morgan fingerprint density at radius 1 is 0.870 bits per heavy atom. The van der Waals surface area contributed by atoms with Gasteiger partial charge in [-0.25, -0.2) is 0 Å². The lowest BCUT2D eigenvalue weighted by Crippen LogP contribution is -2.48. The smallest absolute Gasteiger partial charge is 0.225 e. The van der Waals surface area contributed by atoms with Crippen molar-refractivity contribution in [3.8, 4) is 0 Å². The molecule has 1 saturated heterocycles. The van der Waals surface area contributed by atoms with E-state index in [0.29, 0.717) is 17.9 Å². The fourth-order valence-corrected chi connectivity index (χ4v) is 5.32. The van der Waals surface area contributed by atoms with Crippen molar-refractivity contribution in [2.45, 2.75) is 76.7 Å². The number of likely N-dealkylation sites (tertiary alicyclic amines) is 1. The molecule has 0 bridgehead atoms. The Hall–Kier alpha value is -0.570. The largest absolute Gasteiger partial charge is 0.342 e. The molecule has 4 aliphatic rings. The number of nitrogens with zero attached hydrogens (tertiary/aromatic N) is 1. The molecule has 3 saturated carbocycles. The van der Waals surface area contributed by atoms with Crippen molar-refractivity contribution < 1.29 is 4.79 Å². The molecule has 0 radical (unpaired) electrons. The molecule has 4 fully saturated rings. The zero-order valence-electron chi connectivity index (χ0n) is 14.6. The molecule has 1 N–H and O–H groups in total. The van der Waals surface area contributed by atoms with E-state index in [1.807, 2.05) is 0 Å². The van der Waals surface area contributed by atoms with E-state index >= 15 is 0 Å². The minimum absolute atomic E-state index is 0.352. The second kappa shape index (κ2) is 7.13. The van der Waals surface area contributed by atoms with E-state index in [2.05, 4.69) is 10.2 Å². The van der Waals surface area contributed by atoms with Crippen molar-refractivity contribution in [2.24, 2.45) is 23.7 Å². The van der Waals surface area contributed by atoms with E-state index in [-0.39, 0.29) is 0 Å². The van der Waals surface area contributed by atoms with Crippen LogP contribution in [0.3, 0.4) is 0 Å². The van der Waals surface area contributed by atoms with Gasteiger partial charge >= 0.3 is 0 Å².